The van der Waals surface area contributed by atoms with Crippen LogP contribution in [-0.4, -0.2) is 37.5 Å². The van der Waals surface area contributed by atoms with Crippen molar-refractivity contribution in [1.82, 2.24) is 14.5 Å². The monoisotopic (exact) mass is 649 g/mol. The normalized spacial score (nSPS) is 20.6. The lowest BCUT2D eigenvalue weighted by atomic mass is 9.90. The molecule has 0 spiro atoms. The van der Waals surface area contributed by atoms with Crippen molar-refractivity contribution in [2.45, 2.75) is 45.1 Å². The van der Waals surface area contributed by atoms with Gasteiger partial charge in [0, 0.05) is 11.5 Å². The largest absolute Gasteiger partial charge is 0.392 e. The number of ether oxygens (including phenoxy) is 2. The van der Waals surface area contributed by atoms with E-state index < -0.39 is 6.29 Å². The standard InChI is InChI=1S/C41H35N3O5/c1-26-37(23-43-25-42-35-14-4-5-15-36(35)43)48-41(49-38(26)29-18-16-27(24-45)17-19-29)32-11-7-10-31(21-32)30-9-6-8-28(20-30)22-44-39(46)33-12-2-3-13-34(33)40(44)47/h2-21,25-26,37-38,41,45H,22-24H2,1H3. The maximum atomic E-state index is 13.0. The van der Waals surface area contributed by atoms with Gasteiger partial charge in [0.25, 0.3) is 11.8 Å². The Labute approximate surface area is 284 Å². The van der Waals surface area contributed by atoms with E-state index in [9.17, 15) is 14.7 Å². The Hall–Kier alpha value is -5.41. The van der Waals surface area contributed by atoms with Crippen LogP contribution >= 0.6 is 0 Å². The van der Waals surface area contributed by atoms with Crippen molar-refractivity contribution in [1.29, 1.82) is 0 Å². The lowest BCUT2D eigenvalue weighted by Crippen LogP contribution is -2.39. The number of benzene rings is 5. The SMILES string of the molecule is CC1C(Cn2cnc3ccccc32)OC(c2cccc(-c3cccc(CN4C(=O)c5ccccc5C4=O)c3)c2)OC1c1ccc(CO)cc1. The van der Waals surface area contributed by atoms with E-state index >= 15 is 0 Å². The number of hydrogen-bond acceptors (Lipinski definition) is 6. The summed E-state index contributed by atoms with van der Waals surface area (Å²) in [5, 5.41) is 9.63. The van der Waals surface area contributed by atoms with Crippen LogP contribution in [0.25, 0.3) is 22.2 Å². The van der Waals surface area contributed by atoms with E-state index in [0.29, 0.717) is 17.7 Å². The van der Waals surface area contributed by atoms with E-state index in [0.717, 1.165) is 44.4 Å². The van der Waals surface area contributed by atoms with Crippen LogP contribution in [-0.2, 0) is 29.2 Å². The van der Waals surface area contributed by atoms with E-state index in [1.54, 1.807) is 24.3 Å². The number of rotatable bonds is 8. The van der Waals surface area contributed by atoms with Crippen molar-refractivity contribution in [2.24, 2.45) is 5.92 Å². The minimum absolute atomic E-state index is 0.0133. The number of nitrogens with zero attached hydrogens (tertiary/aromatic N) is 3. The Morgan fingerprint density at radius 1 is 0.714 bits per heavy atom. The molecule has 1 saturated heterocycles. The summed E-state index contributed by atoms with van der Waals surface area (Å²) >= 11 is 0. The van der Waals surface area contributed by atoms with E-state index in [1.807, 2.05) is 91.3 Å². The molecule has 0 saturated carbocycles. The number of para-hydroxylation sites is 2. The van der Waals surface area contributed by atoms with Crippen molar-refractivity contribution in [2.75, 3.05) is 0 Å². The predicted octanol–water partition coefficient (Wildman–Crippen LogP) is 7.48. The molecular formula is C41H35N3O5. The maximum absolute atomic E-state index is 13.0. The molecule has 1 aromatic heterocycles. The summed E-state index contributed by atoms with van der Waals surface area (Å²) in [6.45, 7) is 2.93. The molecule has 6 aromatic rings. The third-order valence-electron chi connectivity index (χ3n) is 9.67. The van der Waals surface area contributed by atoms with Gasteiger partial charge in [-0.1, -0.05) is 91.9 Å². The van der Waals surface area contributed by atoms with Crippen LogP contribution in [0.2, 0.25) is 0 Å². The molecule has 8 rings (SSSR count). The Kier molecular flexibility index (Phi) is 8.13. The molecule has 2 amide bonds. The second-order valence-electron chi connectivity index (χ2n) is 12.8. The first-order valence-electron chi connectivity index (χ1n) is 16.5. The van der Waals surface area contributed by atoms with Gasteiger partial charge in [0.05, 0.1) is 60.4 Å². The molecule has 4 atom stereocenters. The van der Waals surface area contributed by atoms with Gasteiger partial charge in [0.1, 0.15) is 0 Å². The minimum atomic E-state index is -0.639. The molecule has 4 unspecified atom stereocenters. The average molecular weight is 650 g/mol. The lowest BCUT2D eigenvalue weighted by Gasteiger charge is -2.41. The number of aliphatic hydroxyl groups excluding tert-OH is 1. The molecule has 2 aliphatic heterocycles. The first-order chi connectivity index (χ1) is 24.0. The number of aromatic nitrogens is 2. The topological polar surface area (TPSA) is 93.9 Å². The van der Waals surface area contributed by atoms with E-state index in [-0.39, 0.29) is 43.1 Å². The molecule has 3 heterocycles. The molecule has 1 N–H and O–H groups in total. The summed E-state index contributed by atoms with van der Waals surface area (Å²) in [7, 11) is 0. The van der Waals surface area contributed by atoms with Crippen molar-refractivity contribution in [3.05, 3.63) is 161 Å². The molecule has 0 aliphatic carbocycles. The van der Waals surface area contributed by atoms with Gasteiger partial charge in [-0.15, -0.1) is 0 Å². The van der Waals surface area contributed by atoms with Crippen LogP contribution in [0.1, 0.15) is 62.3 Å². The van der Waals surface area contributed by atoms with Crippen molar-refractivity contribution < 1.29 is 24.2 Å². The zero-order valence-corrected chi connectivity index (χ0v) is 27.0. The maximum Gasteiger partial charge on any atom is 0.261 e. The van der Waals surface area contributed by atoms with Gasteiger partial charge in [-0.05, 0) is 64.2 Å². The fraction of sp³-hybridized carbons (Fsp3) is 0.195. The highest BCUT2D eigenvalue weighted by Gasteiger charge is 2.39. The quantitative estimate of drug-likeness (QED) is 0.172. The zero-order valence-electron chi connectivity index (χ0n) is 27.0. The first-order valence-corrected chi connectivity index (χ1v) is 16.5. The molecule has 2 aliphatic rings. The number of amides is 2. The number of fused-ring (bicyclic) bond motifs is 2. The molecule has 244 valence electrons. The zero-order chi connectivity index (χ0) is 33.5. The van der Waals surface area contributed by atoms with E-state index in [1.165, 1.54) is 4.90 Å². The Morgan fingerprint density at radius 3 is 2.16 bits per heavy atom. The Balaban J connectivity index is 1.08. The summed E-state index contributed by atoms with van der Waals surface area (Å²) in [5.74, 6) is -0.528. The van der Waals surface area contributed by atoms with Gasteiger partial charge in [0.15, 0.2) is 6.29 Å². The van der Waals surface area contributed by atoms with Crippen LogP contribution < -0.4 is 0 Å². The summed E-state index contributed by atoms with van der Waals surface area (Å²) in [4.78, 5) is 32.0. The van der Waals surface area contributed by atoms with Gasteiger partial charge >= 0.3 is 0 Å². The minimum Gasteiger partial charge on any atom is -0.392 e. The van der Waals surface area contributed by atoms with Crippen molar-refractivity contribution in [3.8, 4) is 11.1 Å². The van der Waals surface area contributed by atoms with Crippen LogP contribution in [0.15, 0.2) is 128 Å². The number of imide groups is 1. The highest BCUT2D eigenvalue weighted by Crippen LogP contribution is 2.43. The highest BCUT2D eigenvalue weighted by molar-refractivity contribution is 6.21. The number of imidazole rings is 1. The van der Waals surface area contributed by atoms with Gasteiger partial charge in [-0.3, -0.25) is 14.5 Å². The van der Waals surface area contributed by atoms with Gasteiger partial charge in [-0.25, -0.2) is 4.98 Å². The Bertz CT molecular complexity index is 2140. The van der Waals surface area contributed by atoms with Crippen LogP contribution in [0.5, 0.6) is 0 Å². The fourth-order valence-electron chi connectivity index (χ4n) is 6.96. The second kappa shape index (κ2) is 12.9. The lowest BCUT2D eigenvalue weighted by molar-refractivity contribution is -0.276. The number of carbonyl (C=O) groups excluding carboxylic acids is 2. The third kappa shape index (κ3) is 5.84. The van der Waals surface area contributed by atoms with Crippen LogP contribution in [0.3, 0.4) is 0 Å². The molecule has 1 fully saturated rings. The number of aliphatic hydroxyl groups is 1. The van der Waals surface area contributed by atoms with Gasteiger partial charge in [-0.2, -0.15) is 0 Å². The molecule has 5 aromatic carbocycles. The number of hydrogen-bond donors (Lipinski definition) is 1. The summed E-state index contributed by atoms with van der Waals surface area (Å²) in [6, 6.07) is 39.0. The molecule has 0 radical (unpaired) electrons. The smallest absolute Gasteiger partial charge is 0.261 e. The fourth-order valence-corrected chi connectivity index (χ4v) is 6.96. The number of carbonyl (C=O) groups is 2. The third-order valence-corrected chi connectivity index (χ3v) is 9.67. The van der Waals surface area contributed by atoms with Crippen molar-refractivity contribution >= 4 is 22.8 Å². The van der Waals surface area contributed by atoms with Crippen LogP contribution in [0.4, 0.5) is 0 Å². The summed E-state index contributed by atoms with van der Waals surface area (Å²) in [5.41, 5.74) is 8.41. The molecular weight excluding hydrogens is 614 g/mol. The van der Waals surface area contributed by atoms with Crippen molar-refractivity contribution in [3.63, 3.8) is 0 Å². The van der Waals surface area contributed by atoms with Gasteiger partial charge in [0.2, 0.25) is 0 Å². The van der Waals surface area contributed by atoms with E-state index in [4.69, 9.17) is 9.47 Å². The van der Waals surface area contributed by atoms with E-state index in [2.05, 4.69) is 28.6 Å². The average Bonchev–Trinajstić information content (AvgIpc) is 3.66. The summed E-state index contributed by atoms with van der Waals surface area (Å²) in [6.07, 6.45) is 0.787. The molecule has 8 nitrogen and oxygen atoms in total. The summed E-state index contributed by atoms with van der Waals surface area (Å²) < 4.78 is 15.7. The first kappa shape index (κ1) is 30.9. The highest BCUT2D eigenvalue weighted by atomic mass is 16.7. The molecule has 49 heavy (non-hydrogen) atoms. The van der Waals surface area contributed by atoms with Crippen LogP contribution in [0, 0.1) is 5.92 Å². The Morgan fingerprint density at radius 2 is 1.41 bits per heavy atom. The molecule has 0 bridgehead atoms. The second-order valence-corrected chi connectivity index (χ2v) is 12.8. The predicted molar refractivity (Wildman–Crippen MR) is 185 cm³/mol. The molecule has 8 heteroatoms. The van der Waals surface area contributed by atoms with Gasteiger partial charge < -0.3 is 19.1 Å².